The van der Waals surface area contributed by atoms with Gasteiger partial charge in [-0.2, -0.15) is 5.10 Å². The summed E-state index contributed by atoms with van der Waals surface area (Å²) in [6.07, 6.45) is 0. The van der Waals surface area contributed by atoms with Crippen molar-refractivity contribution in [2.24, 2.45) is 0 Å². The van der Waals surface area contributed by atoms with Gasteiger partial charge in [-0.25, -0.2) is 8.78 Å². The molecule has 1 N–H and O–H groups in total. The molecule has 0 spiro atoms. The van der Waals surface area contributed by atoms with Crippen molar-refractivity contribution in [3.8, 4) is 0 Å². The van der Waals surface area contributed by atoms with Crippen LogP contribution in [0.4, 0.5) is 14.5 Å². The predicted octanol–water partition coefficient (Wildman–Crippen LogP) is 4.08. The van der Waals surface area contributed by atoms with Crippen molar-refractivity contribution in [1.29, 1.82) is 0 Å². The molecule has 0 radical (unpaired) electrons. The maximum atomic E-state index is 13.7. The Morgan fingerprint density at radius 2 is 1.92 bits per heavy atom. The van der Waals surface area contributed by atoms with Gasteiger partial charge in [-0.05, 0) is 55.8 Å². The van der Waals surface area contributed by atoms with Crippen LogP contribution < -0.4 is 5.32 Å². The normalized spacial score (nSPS) is 10.7. The minimum atomic E-state index is -0.766. The summed E-state index contributed by atoms with van der Waals surface area (Å²) < 4.78 is 28.8. The fourth-order valence-electron chi connectivity index (χ4n) is 2.63. The van der Waals surface area contributed by atoms with Crippen LogP contribution in [0.5, 0.6) is 0 Å². The van der Waals surface area contributed by atoms with Crippen molar-refractivity contribution in [3.63, 3.8) is 0 Å². The molecule has 0 saturated carbocycles. The van der Waals surface area contributed by atoms with Crippen molar-refractivity contribution < 1.29 is 13.6 Å². The second-order valence-electron chi connectivity index (χ2n) is 5.86. The number of aromatic nitrogens is 2. The predicted molar refractivity (Wildman–Crippen MR) is 91.6 cm³/mol. The molecule has 3 aromatic rings. The molecule has 0 fully saturated rings. The number of hydrogen-bond acceptors (Lipinski definition) is 2. The smallest absolute Gasteiger partial charge is 0.258 e. The zero-order chi connectivity index (χ0) is 18.0. The molecule has 0 aliphatic rings. The van der Waals surface area contributed by atoms with Crippen LogP contribution in [-0.4, -0.2) is 15.7 Å². The summed E-state index contributed by atoms with van der Waals surface area (Å²) in [7, 11) is 0. The van der Waals surface area contributed by atoms with Gasteiger partial charge in [0, 0.05) is 11.4 Å². The van der Waals surface area contributed by atoms with E-state index in [1.54, 1.807) is 18.2 Å². The number of anilines is 1. The summed E-state index contributed by atoms with van der Waals surface area (Å²) >= 11 is 0. The van der Waals surface area contributed by atoms with E-state index in [2.05, 4.69) is 10.4 Å². The Kier molecular flexibility index (Phi) is 4.61. The van der Waals surface area contributed by atoms with E-state index in [9.17, 15) is 13.6 Å². The molecule has 0 saturated heterocycles. The Morgan fingerprint density at radius 3 is 2.64 bits per heavy atom. The fourth-order valence-corrected chi connectivity index (χ4v) is 2.63. The molecule has 1 heterocycles. The van der Waals surface area contributed by atoms with Crippen LogP contribution in [0.15, 0.2) is 48.5 Å². The number of nitrogens with zero attached hydrogens (tertiary/aromatic N) is 2. The lowest BCUT2D eigenvalue weighted by molar-refractivity contribution is 0.102. The Labute approximate surface area is 144 Å². The van der Waals surface area contributed by atoms with E-state index in [-0.39, 0.29) is 5.56 Å². The Hall–Kier alpha value is -3.02. The first kappa shape index (κ1) is 16.8. The Bertz CT molecular complexity index is 934. The van der Waals surface area contributed by atoms with Crippen LogP contribution in [0, 0.1) is 25.5 Å². The van der Waals surface area contributed by atoms with Crippen LogP contribution in [-0.2, 0) is 6.54 Å². The fraction of sp³-hybridized carbons (Fsp3) is 0.158. The van der Waals surface area contributed by atoms with E-state index in [0.717, 1.165) is 35.2 Å². The molecule has 0 atom stereocenters. The van der Waals surface area contributed by atoms with Gasteiger partial charge in [0.1, 0.15) is 11.6 Å². The summed E-state index contributed by atoms with van der Waals surface area (Å²) in [5.74, 6) is -2.12. The molecule has 0 aliphatic heterocycles. The lowest BCUT2D eigenvalue weighted by Gasteiger charge is -2.09. The van der Waals surface area contributed by atoms with E-state index in [0.29, 0.717) is 12.2 Å². The van der Waals surface area contributed by atoms with Gasteiger partial charge in [-0.3, -0.25) is 9.48 Å². The van der Waals surface area contributed by atoms with Gasteiger partial charge < -0.3 is 5.32 Å². The molecule has 2 aromatic carbocycles. The lowest BCUT2D eigenvalue weighted by Crippen LogP contribution is -2.14. The van der Waals surface area contributed by atoms with Crippen LogP contribution in [0.1, 0.15) is 27.3 Å². The number of rotatable bonds is 4. The van der Waals surface area contributed by atoms with Crippen molar-refractivity contribution in [2.45, 2.75) is 20.4 Å². The molecule has 4 nitrogen and oxygen atoms in total. The maximum absolute atomic E-state index is 13.7. The summed E-state index contributed by atoms with van der Waals surface area (Å²) in [6, 6.07) is 12.0. The summed E-state index contributed by atoms with van der Waals surface area (Å²) in [5.41, 5.74) is 3.08. The number of aryl methyl sites for hydroxylation is 2. The third-order valence-corrected chi connectivity index (χ3v) is 3.79. The monoisotopic (exact) mass is 341 g/mol. The van der Waals surface area contributed by atoms with E-state index in [1.807, 2.05) is 30.7 Å². The van der Waals surface area contributed by atoms with Crippen LogP contribution >= 0.6 is 0 Å². The second-order valence-corrected chi connectivity index (χ2v) is 5.86. The topological polar surface area (TPSA) is 46.9 Å². The first-order chi connectivity index (χ1) is 11.9. The first-order valence-electron chi connectivity index (χ1n) is 7.79. The maximum Gasteiger partial charge on any atom is 0.258 e. The summed E-state index contributed by atoms with van der Waals surface area (Å²) in [4.78, 5) is 12.2. The highest BCUT2D eigenvalue weighted by molar-refractivity contribution is 6.04. The highest BCUT2D eigenvalue weighted by Gasteiger charge is 2.13. The van der Waals surface area contributed by atoms with E-state index in [1.165, 1.54) is 0 Å². The van der Waals surface area contributed by atoms with Crippen LogP contribution in [0.2, 0.25) is 0 Å². The highest BCUT2D eigenvalue weighted by atomic mass is 19.1. The van der Waals surface area contributed by atoms with Gasteiger partial charge in [0.25, 0.3) is 5.91 Å². The van der Waals surface area contributed by atoms with E-state index >= 15 is 0 Å². The van der Waals surface area contributed by atoms with Crippen molar-refractivity contribution in [3.05, 3.63) is 82.7 Å². The van der Waals surface area contributed by atoms with E-state index < -0.39 is 17.5 Å². The number of amides is 1. The average molecular weight is 341 g/mol. The second kappa shape index (κ2) is 6.84. The van der Waals surface area contributed by atoms with Gasteiger partial charge in [0.2, 0.25) is 0 Å². The molecule has 1 aromatic heterocycles. The molecule has 25 heavy (non-hydrogen) atoms. The minimum absolute atomic E-state index is 0.330. The van der Waals surface area contributed by atoms with Gasteiger partial charge in [0.15, 0.2) is 0 Å². The number of carbonyl (C=O) groups excluding carboxylic acids is 1. The molecule has 6 heteroatoms. The third-order valence-electron chi connectivity index (χ3n) is 3.79. The molecule has 128 valence electrons. The van der Waals surface area contributed by atoms with E-state index in [4.69, 9.17) is 0 Å². The Morgan fingerprint density at radius 1 is 1.12 bits per heavy atom. The van der Waals surface area contributed by atoms with Crippen LogP contribution in [0.25, 0.3) is 0 Å². The van der Waals surface area contributed by atoms with Gasteiger partial charge in [0.05, 0.1) is 17.8 Å². The van der Waals surface area contributed by atoms with Gasteiger partial charge in [-0.1, -0.05) is 12.1 Å². The average Bonchev–Trinajstić information content (AvgIpc) is 2.87. The van der Waals surface area contributed by atoms with Crippen molar-refractivity contribution in [2.75, 3.05) is 5.32 Å². The first-order valence-corrected chi connectivity index (χ1v) is 7.79. The van der Waals surface area contributed by atoms with Crippen molar-refractivity contribution >= 4 is 11.6 Å². The minimum Gasteiger partial charge on any atom is -0.322 e. The standard InChI is InChI=1S/C19H17F2N3O/c1-12-8-13(2)24(23-12)11-14-4-3-5-16(9-14)22-19(25)17-10-15(20)6-7-18(17)21/h3-10H,11H2,1-2H3,(H,22,25). The molecule has 1 amide bonds. The summed E-state index contributed by atoms with van der Waals surface area (Å²) in [6.45, 7) is 4.45. The zero-order valence-electron chi connectivity index (χ0n) is 13.9. The van der Waals surface area contributed by atoms with Gasteiger partial charge >= 0.3 is 0 Å². The molecule has 3 rings (SSSR count). The molecular weight excluding hydrogens is 324 g/mol. The number of halogens is 2. The third kappa shape index (κ3) is 3.91. The molecule has 0 unspecified atom stereocenters. The number of hydrogen-bond donors (Lipinski definition) is 1. The van der Waals surface area contributed by atoms with Crippen LogP contribution in [0.3, 0.4) is 0 Å². The number of nitrogens with one attached hydrogen (secondary N) is 1. The quantitative estimate of drug-likeness (QED) is 0.777. The zero-order valence-corrected chi connectivity index (χ0v) is 13.9. The Balaban J connectivity index is 1.78. The van der Waals surface area contributed by atoms with Crippen molar-refractivity contribution in [1.82, 2.24) is 9.78 Å². The molecule has 0 aliphatic carbocycles. The molecule has 0 bridgehead atoms. The summed E-state index contributed by atoms with van der Waals surface area (Å²) in [5, 5.41) is 7.00. The molecular formula is C19H17F2N3O. The SMILES string of the molecule is Cc1cc(C)n(Cc2cccc(NC(=O)c3cc(F)ccc3F)c2)n1. The van der Waals surface area contributed by atoms with Gasteiger partial charge in [-0.15, -0.1) is 0 Å². The lowest BCUT2D eigenvalue weighted by atomic mass is 10.1. The number of carbonyl (C=O) groups is 1. The largest absolute Gasteiger partial charge is 0.322 e. The number of benzene rings is 2. The highest BCUT2D eigenvalue weighted by Crippen LogP contribution is 2.16.